The Labute approximate surface area is 106 Å². The molecular formula is C13H17N3O2. The number of aliphatic hydroxyl groups excluding tert-OH is 1. The molecule has 1 aliphatic rings. The molecule has 1 saturated heterocycles. The van der Waals surface area contributed by atoms with Crippen molar-refractivity contribution in [3.63, 3.8) is 0 Å². The third-order valence-electron chi connectivity index (χ3n) is 3.29. The maximum absolute atomic E-state index is 12.3. The van der Waals surface area contributed by atoms with Gasteiger partial charge in [0.05, 0.1) is 11.7 Å². The first kappa shape index (κ1) is 12.7. The van der Waals surface area contributed by atoms with Gasteiger partial charge in [-0.2, -0.15) is 5.26 Å². The number of carbonyl (C=O) groups excluding carboxylic acids is 1. The van der Waals surface area contributed by atoms with Gasteiger partial charge in [-0.1, -0.05) is 0 Å². The van der Waals surface area contributed by atoms with Crippen molar-refractivity contribution in [3.8, 4) is 6.07 Å². The zero-order chi connectivity index (χ0) is 13.1. The van der Waals surface area contributed by atoms with Gasteiger partial charge in [-0.25, -0.2) is 0 Å². The highest BCUT2D eigenvalue weighted by atomic mass is 16.3. The number of hydrogen-bond donors (Lipinski definition) is 2. The van der Waals surface area contributed by atoms with E-state index in [0.717, 1.165) is 19.4 Å². The van der Waals surface area contributed by atoms with Crippen molar-refractivity contribution in [2.45, 2.75) is 38.3 Å². The molecule has 2 heterocycles. The summed E-state index contributed by atoms with van der Waals surface area (Å²) >= 11 is 0. The van der Waals surface area contributed by atoms with E-state index in [2.05, 4.69) is 4.98 Å². The van der Waals surface area contributed by atoms with Crippen LogP contribution in [0.5, 0.6) is 0 Å². The third kappa shape index (κ3) is 2.54. The van der Waals surface area contributed by atoms with Gasteiger partial charge in [-0.15, -0.1) is 0 Å². The number of hydrogen-bond acceptors (Lipinski definition) is 3. The molecule has 2 rings (SSSR count). The fourth-order valence-electron chi connectivity index (χ4n) is 2.48. The van der Waals surface area contributed by atoms with Gasteiger partial charge in [-0.05, 0) is 32.3 Å². The molecule has 1 amide bonds. The number of aromatic amines is 1. The fraction of sp³-hybridized carbons (Fsp3) is 0.538. The van der Waals surface area contributed by atoms with E-state index in [1.54, 1.807) is 17.9 Å². The lowest BCUT2D eigenvalue weighted by atomic mass is 10.1. The SMILES string of the molecule is CC(O)CC1CCCN1C(=O)c1cc(C#N)c[nH]1. The van der Waals surface area contributed by atoms with Gasteiger partial charge < -0.3 is 15.0 Å². The second kappa shape index (κ2) is 5.23. The first-order valence-electron chi connectivity index (χ1n) is 6.19. The van der Waals surface area contributed by atoms with Crippen LogP contribution in [0.4, 0.5) is 0 Å². The molecule has 1 aromatic rings. The molecule has 5 nitrogen and oxygen atoms in total. The van der Waals surface area contributed by atoms with E-state index >= 15 is 0 Å². The third-order valence-corrected chi connectivity index (χ3v) is 3.29. The zero-order valence-corrected chi connectivity index (χ0v) is 10.4. The van der Waals surface area contributed by atoms with Crippen LogP contribution in [0.1, 0.15) is 42.2 Å². The number of aromatic nitrogens is 1. The first-order valence-corrected chi connectivity index (χ1v) is 6.19. The van der Waals surface area contributed by atoms with Crippen LogP contribution >= 0.6 is 0 Å². The van der Waals surface area contributed by atoms with Gasteiger partial charge in [0.15, 0.2) is 0 Å². The summed E-state index contributed by atoms with van der Waals surface area (Å²) < 4.78 is 0. The Morgan fingerprint density at radius 2 is 2.56 bits per heavy atom. The lowest BCUT2D eigenvalue weighted by Crippen LogP contribution is -2.37. The van der Waals surface area contributed by atoms with Crippen LogP contribution in [-0.2, 0) is 0 Å². The Bertz CT molecular complexity index is 473. The zero-order valence-electron chi connectivity index (χ0n) is 10.4. The van der Waals surface area contributed by atoms with E-state index in [0.29, 0.717) is 17.7 Å². The van der Waals surface area contributed by atoms with E-state index in [9.17, 15) is 9.90 Å². The number of amides is 1. The number of nitrogens with zero attached hydrogens (tertiary/aromatic N) is 2. The van der Waals surface area contributed by atoms with Crippen molar-refractivity contribution in [1.82, 2.24) is 9.88 Å². The first-order chi connectivity index (χ1) is 8.61. The highest BCUT2D eigenvalue weighted by Crippen LogP contribution is 2.23. The van der Waals surface area contributed by atoms with E-state index < -0.39 is 6.10 Å². The summed E-state index contributed by atoms with van der Waals surface area (Å²) in [7, 11) is 0. The highest BCUT2D eigenvalue weighted by Gasteiger charge is 2.30. The second-order valence-corrected chi connectivity index (χ2v) is 4.79. The fourth-order valence-corrected chi connectivity index (χ4v) is 2.48. The minimum atomic E-state index is -0.401. The van der Waals surface area contributed by atoms with Crippen LogP contribution in [0, 0.1) is 11.3 Å². The second-order valence-electron chi connectivity index (χ2n) is 4.79. The largest absolute Gasteiger partial charge is 0.393 e. The average Bonchev–Trinajstić information content (AvgIpc) is 2.95. The molecule has 1 fully saturated rings. The average molecular weight is 247 g/mol. The number of aliphatic hydroxyl groups is 1. The van der Waals surface area contributed by atoms with Gasteiger partial charge in [-0.3, -0.25) is 4.79 Å². The number of nitrogens with one attached hydrogen (secondary N) is 1. The quantitative estimate of drug-likeness (QED) is 0.843. The van der Waals surface area contributed by atoms with Gasteiger partial charge in [0.25, 0.3) is 5.91 Å². The standard InChI is InChI=1S/C13H17N3O2/c1-9(17)5-11-3-2-4-16(11)13(18)12-6-10(7-14)8-15-12/h6,8-9,11,15,17H,2-5H2,1H3. The molecule has 2 atom stereocenters. The minimum Gasteiger partial charge on any atom is -0.393 e. The monoisotopic (exact) mass is 247 g/mol. The molecule has 0 bridgehead atoms. The minimum absolute atomic E-state index is 0.0837. The van der Waals surface area contributed by atoms with Crippen LogP contribution in [0.3, 0.4) is 0 Å². The maximum Gasteiger partial charge on any atom is 0.270 e. The maximum atomic E-state index is 12.3. The molecule has 18 heavy (non-hydrogen) atoms. The van der Waals surface area contributed by atoms with Crippen molar-refractivity contribution >= 4 is 5.91 Å². The number of nitriles is 1. The molecule has 0 saturated carbocycles. The van der Waals surface area contributed by atoms with E-state index in [4.69, 9.17) is 5.26 Å². The molecule has 1 aromatic heterocycles. The number of likely N-dealkylation sites (tertiary alicyclic amines) is 1. The van der Waals surface area contributed by atoms with Crippen LogP contribution in [-0.4, -0.2) is 39.6 Å². The highest BCUT2D eigenvalue weighted by molar-refractivity contribution is 5.93. The predicted molar refractivity (Wildman–Crippen MR) is 65.9 cm³/mol. The summed E-state index contributed by atoms with van der Waals surface area (Å²) in [6.07, 6.45) is 3.64. The van der Waals surface area contributed by atoms with Gasteiger partial charge in [0.2, 0.25) is 0 Å². The van der Waals surface area contributed by atoms with Crippen molar-refractivity contribution in [3.05, 3.63) is 23.5 Å². The summed E-state index contributed by atoms with van der Waals surface area (Å²) in [5.41, 5.74) is 0.911. The topological polar surface area (TPSA) is 80.1 Å². The summed E-state index contributed by atoms with van der Waals surface area (Å²) in [4.78, 5) is 16.9. The van der Waals surface area contributed by atoms with Crippen molar-refractivity contribution < 1.29 is 9.90 Å². The summed E-state index contributed by atoms with van der Waals surface area (Å²) in [6, 6.07) is 3.67. The summed E-state index contributed by atoms with van der Waals surface area (Å²) in [6.45, 7) is 2.46. The molecule has 1 aliphatic heterocycles. The van der Waals surface area contributed by atoms with Crippen molar-refractivity contribution in [2.75, 3.05) is 6.54 Å². The van der Waals surface area contributed by atoms with Crippen LogP contribution in [0.15, 0.2) is 12.3 Å². The number of H-pyrrole nitrogens is 1. The van der Waals surface area contributed by atoms with E-state index in [-0.39, 0.29) is 11.9 Å². The smallest absolute Gasteiger partial charge is 0.270 e. The van der Waals surface area contributed by atoms with Crippen LogP contribution in [0.25, 0.3) is 0 Å². The Hall–Kier alpha value is -1.80. The van der Waals surface area contributed by atoms with Crippen molar-refractivity contribution in [1.29, 1.82) is 5.26 Å². The predicted octanol–water partition coefficient (Wildman–Crippen LogP) is 1.26. The lowest BCUT2D eigenvalue weighted by molar-refractivity contribution is 0.0677. The molecule has 96 valence electrons. The molecule has 0 aromatic carbocycles. The Morgan fingerprint density at radius 3 is 3.17 bits per heavy atom. The molecule has 0 radical (unpaired) electrons. The van der Waals surface area contributed by atoms with Gasteiger partial charge >= 0.3 is 0 Å². The molecule has 2 N–H and O–H groups in total. The van der Waals surface area contributed by atoms with Crippen LogP contribution in [0.2, 0.25) is 0 Å². The lowest BCUT2D eigenvalue weighted by Gasteiger charge is -2.25. The Morgan fingerprint density at radius 1 is 1.78 bits per heavy atom. The van der Waals surface area contributed by atoms with Gasteiger partial charge in [0, 0.05) is 18.8 Å². The van der Waals surface area contributed by atoms with Gasteiger partial charge in [0.1, 0.15) is 11.8 Å². The van der Waals surface area contributed by atoms with E-state index in [1.165, 1.54) is 6.20 Å². The number of rotatable bonds is 3. The normalized spacial score (nSPS) is 20.7. The molecule has 0 spiro atoms. The summed E-state index contributed by atoms with van der Waals surface area (Å²) in [5.74, 6) is -0.0837. The molecule has 5 heteroatoms. The number of carbonyl (C=O) groups is 1. The molecular weight excluding hydrogens is 230 g/mol. The van der Waals surface area contributed by atoms with E-state index in [1.807, 2.05) is 6.07 Å². The summed E-state index contributed by atoms with van der Waals surface area (Å²) in [5, 5.41) is 18.2. The molecule has 0 aliphatic carbocycles. The van der Waals surface area contributed by atoms with Crippen LogP contribution < -0.4 is 0 Å². The molecule has 2 unspecified atom stereocenters. The Kier molecular flexibility index (Phi) is 3.68. The Balaban J connectivity index is 2.10. The van der Waals surface area contributed by atoms with Crippen molar-refractivity contribution in [2.24, 2.45) is 0 Å².